The third-order valence-electron chi connectivity index (χ3n) is 0. The van der Waals surface area contributed by atoms with E-state index in [4.69, 9.17) is 15.0 Å². The van der Waals surface area contributed by atoms with Gasteiger partial charge in [0.05, 0.1) is 0 Å². The van der Waals surface area contributed by atoms with Crippen molar-refractivity contribution >= 4 is 6.16 Å². The molecule has 0 aliphatic rings. The minimum absolute atomic E-state index is 0. The third kappa shape index (κ3) is 50.4. The fourth-order valence-corrected chi connectivity index (χ4v) is 0. The van der Waals surface area contributed by atoms with Gasteiger partial charge in [0.15, 0.2) is 0 Å². The monoisotopic (exact) mass is 104 g/mol. The van der Waals surface area contributed by atoms with E-state index < -0.39 is 6.16 Å². The molecule has 0 aliphatic heterocycles. The van der Waals surface area contributed by atoms with Crippen LogP contribution in [0.2, 0.25) is 0 Å². The van der Waals surface area contributed by atoms with E-state index in [2.05, 4.69) is 0 Å². The average Bonchev–Trinajstić information content (AvgIpc) is 0.811. The van der Waals surface area contributed by atoms with Crippen molar-refractivity contribution in [3.05, 3.63) is 0 Å². The van der Waals surface area contributed by atoms with Crippen molar-refractivity contribution in [3.63, 3.8) is 0 Å². The van der Waals surface area contributed by atoms with Crippen LogP contribution in [0.4, 0.5) is 4.79 Å². The predicted molar refractivity (Wildman–Crippen MR) is 13.9 cm³/mol. The van der Waals surface area contributed by atoms with Gasteiger partial charge in [0, 0.05) is 1.43 Å². The van der Waals surface area contributed by atoms with Gasteiger partial charge in [0.25, 0.3) is 0 Å². The molecular weight excluding hydrogens is 99.1 g/mol. The maximum Gasteiger partial charge on any atom is 1.00 e. The Labute approximate surface area is 74.4 Å². The second-order valence-electron chi connectivity index (χ2n) is 0.283. The largest absolute Gasteiger partial charge is 1.00 e. The molecular formula is CH5KO3. The van der Waals surface area contributed by atoms with E-state index in [0.717, 1.165) is 0 Å². The van der Waals surface area contributed by atoms with Gasteiger partial charge in [-0.25, -0.2) is 4.79 Å². The number of carboxylic acid groups (broad SMARTS) is 2. The Balaban J connectivity index is -0.0000000150. The Kier molecular flexibility index (Phi) is 9.14. The predicted octanol–water partition coefficient (Wildman–Crippen LogP) is -2.42. The normalized spacial score (nSPS) is 4.80. The van der Waals surface area contributed by atoms with Crippen LogP contribution in [0.1, 0.15) is 2.85 Å². The second kappa shape index (κ2) is 4.91. The molecule has 0 fully saturated rings. The van der Waals surface area contributed by atoms with Crippen LogP contribution >= 0.6 is 0 Å². The van der Waals surface area contributed by atoms with Gasteiger partial charge in [0.1, 0.15) is 0 Å². The Morgan fingerprint density at radius 3 is 1.80 bits per heavy atom. The molecule has 0 amide bonds. The van der Waals surface area contributed by atoms with Crippen molar-refractivity contribution in [1.29, 1.82) is 0 Å². The van der Waals surface area contributed by atoms with E-state index in [-0.39, 0.29) is 54.2 Å². The molecule has 28 valence electrons. The first-order valence-corrected chi connectivity index (χ1v) is 0.651. The molecule has 0 atom stereocenters. The molecule has 0 aromatic carbocycles. The summed E-state index contributed by atoms with van der Waals surface area (Å²) < 4.78 is 0. The van der Waals surface area contributed by atoms with Gasteiger partial charge in [-0.3, -0.25) is 0 Å². The van der Waals surface area contributed by atoms with Gasteiger partial charge in [-0.05, 0) is 0 Å². The maximum absolute atomic E-state index is 8.56. The summed E-state index contributed by atoms with van der Waals surface area (Å²) in [6.45, 7) is 0. The summed E-state index contributed by atoms with van der Waals surface area (Å²) in [4.78, 5) is 8.56. The molecule has 0 spiro atoms. The van der Waals surface area contributed by atoms with Crippen molar-refractivity contribution < 1.29 is 69.2 Å². The first kappa shape index (κ1) is 9.32. The molecule has 4 heteroatoms. The number of hydrogen-bond donors (Lipinski definition) is 2. The Morgan fingerprint density at radius 2 is 1.80 bits per heavy atom. The fraction of sp³-hybridized carbons (Fsp3) is 0. The van der Waals surface area contributed by atoms with Crippen molar-refractivity contribution in [2.24, 2.45) is 0 Å². The van der Waals surface area contributed by atoms with E-state index in [1.807, 2.05) is 0 Å². The zero-order valence-electron chi connectivity index (χ0n) is 3.80. The summed E-state index contributed by atoms with van der Waals surface area (Å²) in [7, 11) is 0. The van der Waals surface area contributed by atoms with Crippen LogP contribution < -0.4 is 51.4 Å². The summed E-state index contributed by atoms with van der Waals surface area (Å²) >= 11 is 0. The van der Waals surface area contributed by atoms with Gasteiger partial charge in [-0.2, -0.15) is 0 Å². The zero-order chi connectivity index (χ0) is 3.58. The molecule has 0 saturated heterocycles. The standard InChI is InChI=1S/CH2O3.K.H2.H/c2-1(3)4;;;/h(H2,2,3,4);;1H;/q;+1;;-1. The minimum Gasteiger partial charge on any atom is -1.00 e. The van der Waals surface area contributed by atoms with E-state index in [1.165, 1.54) is 0 Å². The fourth-order valence-electron chi connectivity index (χ4n) is 0. The first-order valence-electron chi connectivity index (χ1n) is 0.651. The maximum atomic E-state index is 8.56. The summed E-state index contributed by atoms with van der Waals surface area (Å²) in [5.41, 5.74) is 0. The first-order chi connectivity index (χ1) is 1.73. The number of hydrogen-bond acceptors (Lipinski definition) is 1. The van der Waals surface area contributed by atoms with Gasteiger partial charge >= 0.3 is 57.5 Å². The number of carbonyl (C=O) groups is 1. The van der Waals surface area contributed by atoms with Gasteiger partial charge < -0.3 is 11.6 Å². The van der Waals surface area contributed by atoms with Crippen LogP contribution in [0.15, 0.2) is 0 Å². The van der Waals surface area contributed by atoms with Crippen LogP contribution in [-0.4, -0.2) is 16.4 Å². The summed E-state index contributed by atoms with van der Waals surface area (Å²) in [5, 5.41) is 13.9. The van der Waals surface area contributed by atoms with Crippen LogP contribution in [0.3, 0.4) is 0 Å². The summed E-state index contributed by atoms with van der Waals surface area (Å²) in [5.74, 6) is 0. The summed E-state index contributed by atoms with van der Waals surface area (Å²) in [6, 6.07) is 0. The molecule has 3 nitrogen and oxygen atoms in total. The molecule has 0 rings (SSSR count). The summed E-state index contributed by atoms with van der Waals surface area (Å²) in [6.07, 6.45) is -1.83. The Hall–Kier alpha value is 0.906. The quantitative estimate of drug-likeness (QED) is 0.336. The molecule has 2 N–H and O–H groups in total. The Morgan fingerprint density at radius 1 is 1.80 bits per heavy atom. The van der Waals surface area contributed by atoms with E-state index in [9.17, 15) is 0 Å². The van der Waals surface area contributed by atoms with Crippen molar-refractivity contribution in [2.75, 3.05) is 0 Å². The molecule has 0 aromatic rings. The molecule has 0 saturated carbocycles. The van der Waals surface area contributed by atoms with Gasteiger partial charge in [-0.1, -0.05) is 0 Å². The average molecular weight is 104 g/mol. The van der Waals surface area contributed by atoms with Crippen LogP contribution in [0.25, 0.3) is 0 Å². The number of rotatable bonds is 0. The van der Waals surface area contributed by atoms with Crippen molar-refractivity contribution in [1.82, 2.24) is 0 Å². The molecule has 0 aliphatic carbocycles. The van der Waals surface area contributed by atoms with E-state index in [1.54, 1.807) is 0 Å². The van der Waals surface area contributed by atoms with E-state index in [0.29, 0.717) is 0 Å². The van der Waals surface area contributed by atoms with Crippen LogP contribution in [0, 0.1) is 0 Å². The van der Waals surface area contributed by atoms with E-state index >= 15 is 0 Å². The smallest absolute Gasteiger partial charge is 1.00 e. The van der Waals surface area contributed by atoms with Crippen molar-refractivity contribution in [3.8, 4) is 0 Å². The minimum atomic E-state index is -1.83. The topological polar surface area (TPSA) is 57.5 Å². The second-order valence-corrected chi connectivity index (χ2v) is 0.283. The third-order valence-corrected chi connectivity index (χ3v) is 0. The molecule has 5 heavy (non-hydrogen) atoms. The van der Waals surface area contributed by atoms with Gasteiger partial charge in [-0.15, -0.1) is 0 Å². The SMILES string of the molecule is O=C(O)O.[H-].[HH].[K+]. The van der Waals surface area contributed by atoms with Gasteiger partial charge in [0.2, 0.25) is 0 Å². The Bertz CT molecular complexity index is 35.9. The zero-order valence-corrected chi connectivity index (χ0v) is 5.93. The van der Waals surface area contributed by atoms with Crippen LogP contribution in [0.5, 0.6) is 0 Å². The molecule has 0 heterocycles. The molecule has 0 bridgehead atoms. The molecule has 0 unspecified atom stereocenters. The van der Waals surface area contributed by atoms with Crippen molar-refractivity contribution in [2.45, 2.75) is 0 Å². The molecule has 0 aromatic heterocycles. The van der Waals surface area contributed by atoms with Crippen LogP contribution in [-0.2, 0) is 0 Å². The molecule has 0 radical (unpaired) electrons.